The molecular formula is C30H39F2N7O2. The van der Waals surface area contributed by atoms with E-state index in [0.717, 1.165) is 35.6 Å². The molecule has 3 aliphatic heterocycles. The number of ether oxygens (including phenoxy) is 1. The van der Waals surface area contributed by atoms with Crippen LogP contribution in [0.3, 0.4) is 0 Å². The Balaban J connectivity index is 1.31. The number of aliphatic hydroxyl groups excluding tert-OH is 1. The number of H-pyrrole nitrogens is 1. The Labute approximate surface area is 239 Å². The summed E-state index contributed by atoms with van der Waals surface area (Å²) in [5.41, 5.74) is 6.79. The summed E-state index contributed by atoms with van der Waals surface area (Å²) in [6.45, 7) is 12.0. The summed E-state index contributed by atoms with van der Waals surface area (Å²) in [7, 11) is 1.70. The molecule has 220 valence electrons. The van der Waals surface area contributed by atoms with E-state index in [1.807, 2.05) is 11.1 Å². The molecule has 2 atom stereocenters. The smallest absolute Gasteiger partial charge is 0.318 e. The standard InChI is InChI=1S/C30H39F2N7O2/c1-5-26(40)37-10-12-38(13-11-37)28-23-7-9-39(27-20(3)19(2)14-24-22(27)6-8-33-24)16-25(23)34-29(35-28)41-17-21-15-30(31,32)18-36(21)4/h5-6,8,14,21,26,33,40H,1,7,9-13,15-18H2,2-4H3. The molecule has 6 rings (SSSR count). The summed E-state index contributed by atoms with van der Waals surface area (Å²) in [4.78, 5) is 21.3. The Morgan fingerprint density at radius 1 is 1.20 bits per heavy atom. The third-order valence-corrected chi connectivity index (χ3v) is 8.92. The van der Waals surface area contributed by atoms with E-state index in [4.69, 9.17) is 14.7 Å². The number of likely N-dealkylation sites (tertiary alicyclic amines) is 1. The predicted octanol–water partition coefficient (Wildman–Crippen LogP) is 3.48. The number of piperazine rings is 1. The van der Waals surface area contributed by atoms with Crippen LogP contribution >= 0.6 is 0 Å². The van der Waals surface area contributed by atoms with Crippen LogP contribution in [-0.2, 0) is 13.0 Å². The molecule has 0 aliphatic carbocycles. The van der Waals surface area contributed by atoms with E-state index >= 15 is 0 Å². The van der Waals surface area contributed by atoms with Crippen molar-refractivity contribution in [1.82, 2.24) is 24.8 Å². The summed E-state index contributed by atoms with van der Waals surface area (Å²) < 4.78 is 34.1. The molecule has 9 nitrogen and oxygen atoms in total. The molecule has 0 saturated carbocycles. The van der Waals surface area contributed by atoms with Gasteiger partial charge in [-0.2, -0.15) is 9.97 Å². The lowest BCUT2D eigenvalue weighted by molar-refractivity contribution is 0.0136. The number of hydrogen-bond donors (Lipinski definition) is 2. The van der Waals surface area contributed by atoms with E-state index in [1.54, 1.807) is 18.0 Å². The molecule has 0 radical (unpaired) electrons. The third-order valence-electron chi connectivity index (χ3n) is 8.92. The molecular weight excluding hydrogens is 528 g/mol. The van der Waals surface area contributed by atoms with Gasteiger partial charge in [0.05, 0.1) is 18.8 Å². The van der Waals surface area contributed by atoms with Crippen molar-refractivity contribution in [1.29, 1.82) is 0 Å². The van der Waals surface area contributed by atoms with Crippen LogP contribution in [0.2, 0.25) is 0 Å². The fourth-order valence-electron chi connectivity index (χ4n) is 6.50. The third kappa shape index (κ3) is 5.38. The highest BCUT2D eigenvalue weighted by molar-refractivity contribution is 5.95. The number of benzene rings is 1. The summed E-state index contributed by atoms with van der Waals surface area (Å²) in [6.07, 6.45) is 3.39. The van der Waals surface area contributed by atoms with Crippen LogP contribution < -0.4 is 14.5 Å². The molecule has 0 amide bonds. The molecule has 2 saturated heterocycles. The Morgan fingerprint density at radius 2 is 1.98 bits per heavy atom. The number of aliphatic hydroxyl groups is 1. The average Bonchev–Trinajstić information content (AvgIpc) is 3.52. The minimum atomic E-state index is -2.71. The van der Waals surface area contributed by atoms with Gasteiger partial charge in [-0.1, -0.05) is 6.58 Å². The average molecular weight is 568 g/mol. The lowest BCUT2D eigenvalue weighted by atomic mass is 9.99. The second-order valence-electron chi connectivity index (χ2n) is 11.6. The molecule has 3 aliphatic rings. The lowest BCUT2D eigenvalue weighted by Gasteiger charge is -2.39. The second-order valence-corrected chi connectivity index (χ2v) is 11.6. The van der Waals surface area contributed by atoms with Gasteiger partial charge < -0.3 is 24.6 Å². The van der Waals surface area contributed by atoms with Crippen LogP contribution in [0.15, 0.2) is 31.0 Å². The van der Waals surface area contributed by atoms with E-state index in [0.29, 0.717) is 32.7 Å². The van der Waals surface area contributed by atoms with Crippen molar-refractivity contribution in [2.24, 2.45) is 0 Å². The molecule has 1 aromatic carbocycles. The first-order chi connectivity index (χ1) is 19.6. The Kier molecular flexibility index (Phi) is 7.37. The predicted molar refractivity (Wildman–Crippen MR) is 156 cm³/mol. The number of likely N-dealkylation sites (N-methyl/N-ethyl adjacent to an activating group) is 1. The number of anilines is 2. The first kappa shape index (κ1) is 27.9. The van der Waals surface area contributed by atoms with Gasteiger partial charge in [0.15, 0.2) is 0 Å². The molecule has 0 spiro atoms. The molecule has 5 heterocycles. The van der Waals surface area contributed by atoms with Crippen molar-refractivity contribution < 1.29 is 18.6 Å². The van der Waals surface area contributed by atoms with E-state index in [9.17, 15) is 13.9 Å². The lowest BCUT2D eigenvalue weighted by Crippen LogP contribution is -2.50. The topological polar surface area (TPSA) is 84.0 Å². The largest absolute Gasteiger partial charge is 0.462 e. The van der Waals surface area contributed by atoms with E-state index in [1.165, 1.54) is 22.2 Å². The molecule has 2 N–H and O–H groups in total. The number of aromatic amines is 1. The number of halogens is 2. The number of nitrogens with one attached hydrogen (secondary N) is 1. The molecule has 11 heteroatoms. The SMILES string of the molecule is C=CC(O)N1CCN(c2nc(OCC3CC(F)(F)CN3C)nc3c2CCN(c2c(C)c(C)cc4[nH]ccc24)C3)CC1. The van der Waals surface area contributed by atoms with Crippen LogP contribution in [0.4, 0.5) is 20.3 Å². The number of nitrogens with zero attached hydrogens (tertiary/aromatic N) is 6. The summed E-state index contributed by atoms with van der Waals surface area (Å²) >= 11 is 0. The van der Waals surface area contributed by atoms with Gasteiger partial charge in [-0.05, 0) is 56.7 Å². The van der Waals surface area contributed by atoms with Crippen LogP contribution in [0.1, 0.15) is 28.8 Å². The quantitative estimate of drug-likeness (QED) is 0.420. The Hall–Kier alpha value is -3.28. The first-order valence-electron chi connectivity index (χ1n) is 14.4. The van der Waals surface area contributed by atoms with Gasteiger partial charge in [-0.3, -0.25) is 9.80 Å². The maximum Gasteiger partial charge on any atom is 0.318 e. The van der Waals surface area contributed by atoms with Gasteiger partial charge in [0.25, 0.3) is 5.92 Å². The zero-order valence-corrected chi connectivity index (χ0v) is 24.0. The summed E-state index contributed by atoms with van der Waals surface area (Å²) in [5.74, 6) is -1.87. The van der Waals surface area contributed by atoms with Crippen LogP contribution in [-0.4, -0.2) is 101 Å². The maximum absolute atomic E-state index is 14.0. The molecule has 2 aromatic heterocycles. The summed E-state index contributed by atoms with van der Waals surface area (Å²) in [5, 5.41) is 11.4. The molecule has 2 unspecified atom stereocenters. The van der Waals surface area contributed by atoms with Crippen molar-refractivity contribution >= 4 is 22.4 Å². The van der Waals surface area contributed by atoms with Gasteiger partial charge in [0.2, 0.25) is 0 Å². The van der Waals surface area contributed by atoms with E-state index < -0.39 is 18.2 Å². The monoisotopic (exact) mass is 567 g/mol. The van der Waals surface area contributed by atoms with Gasteiger partial charge in [-0.15, -0.1) is 0 Å². The molecule has 0 bridgehead atoms. The summed E-state index contributed by atoms with van der Waals surface area (Å²) in [6, 6.07) is 4.14. The van der Waals surface area contributed by atoms with Crippen molar-refractivity contribution in [3.8, 4) is 6.01 Å². The first-order valence-corrected chi connectivity index (χ1v) is 14.4. The van der Waals surface area contributed by atoms with Crippen molar-refractivity contribution in [3.63, 3.8) is 0 Å². The number of alkyl halides is 2. The zero-order chi connectivity index (χ0) is 28.9. The van der Waals surface area contributed by atoms with Crippen molar-refractivity contribution in [2.75, 3.05) is 62.7 Å². The fourth-order valence-corrected chi connectivity index (χ4v) is 6.50. The maximum atomic E-state index is 14.0. The second kappa shape index (κ2) is 10.8. The number of fused-ring (bicyclic) bond motifs is 2. The number of hydrogen-bond acceptors (Lipinski definition) is 8. The van der Waals surface area contributed by atoms with E-state index in [2.05, 4.69) is 47.3 Å². The van der Waals surface area contributed by atoms with Crippen LogP contribution in [0, 0.1) is 13.8 Å². The number of aromatic nitrogens is 3. The van der Waals surface area contributed by atoms with Crippen LogP contribution in [0.5, 0.6) is 6.01 Å². The fraction of sp³-hybridized carbons (Fsp3) is 0.533. The molecule has 3 aromatic rings. The van der Waals surface area contributed by atoms with Crippen molar-refractivity contribution in [3.05, 3.63) is 53.4 Å². The number of rotatable bonds is 7. The minimum Gasteiger partial charge on any atom is -0.462 e. The van der Waals surface area contributed by atoms with Gasteiger partial charge >= 0.3 is 6.01 Å². The highest BCUT2D eigenvalue weighted by Gasteiger charge is 2.43. The highest BCUT2D eigenvalue weighted by Crippen LogP contribution is 2.38. The van der Waals surface area contributed by atoms with Gasteiger partial charge in [-0.25, -0.2) is 8.78 Å². The normalized spacial score (nSPS) is 22.2. The Bertz CT molecular complexity index is 1440. The Morgan fingerprint density at radius 3 is 2.68 bits per heavy atom. The zero-order valence-electron chi connectivity index (χ0n) is 24.0. The van der Waals surface area contributed by atoms with Gasteiger partial charge in [0, 0.05) is 73.5 Å². The highest BCUT2D eigenvalue weighted by atomic mass is 19.3. The van der Waals surface area contributed by atoms with Crippen molar-refractivity contribution in [2.45, 2.75) is 51.4 Å². The minimum absolute atomic E-state index is 0.105. The van der Waals surface area contributed by atoms with Crippen LogP contribution in [0.25, 0.3) is 10.9 Å². The molecule has 41 heavy (non-hydrogen) atoms. The number of aryl methyl sites for hydroxylation is 1. The van der Waals surface area contributed by atoms with Gasteiger partial charge in [0.1, 0.15) is 18.7 Å². The van der Waals surface area contributed by atoms with E-state index in [-0.39, 0.29) is 25.6 Å². The molecule has 2 fully saturated rings.